The van der Waals surface area contributed by atoms with Gasteiger partial charge in [0.2, 0.25) is 5.91 Å². The second kappa shape index (κ2) is 55.0. The first-order chi connectivity index (χ1) is 41.6. The largest absolute Gasteiger partial charge is 0.394 e. The number of carbonyl (C=O) groups excluding carboxylic acids is 1. The molecule has 2 fully saturated rings. The molecule has 9 N–H and O–H groups in total. The van der Waals surface area contributed by atoms with E-state index in [-0.39, 0.29) is 18.9 Å². The number of hydrogen-bond acceptors (Lipinski definition) is 13. The summed E-state index contributed by atoms with van der Waals surface area (Å²) in [6.07, 6.45) is 60.2. The average Bonchev–Trinajstić information content (AvgIpc) is 3.29. The number of amides is 1. The highest BCUT2D eigenvalue weighted by Gasteiger charge is 2.51. The molecule has 12 unspecified atom stereocenters. The van der Waals surface area contributed by atoms with E-state index >= 15 is 0 Å². The average molecular weight is 1200 g/mol. The van der Waals surface area contributed by atoms with Gasteiger partial charge in [0.25, 0.3) is 0 Å². The van der Waals surface area contributed by atoms with Crippen LogP contribution >= 0.6 is 0 Å². The van der Waals surface area contributed by atoms with E-state index in [1.54, 1.807) is 6.08 Å². The molecule has 2 rings (SSSR count). The van der Waals surface area contributed by atoms with Crippen molar-refractivity contribution in [3.63, 3.8) is 0 Å². The minimum absolute atomic E-state index is 0.251. The maximum atomic E-state index is 13.3. The molecule has 2 heterocycles. The molecule has 0 aromatic rings. The molecule has 85 heavy (non-hydrogen) atoms. The molecule has 12 atom stereocenters. The number of aliphatic hydroxyl groups is 8. The van der Waals surface area contributed by atoms with Gasteiger partial charge >= 0.3 is 0 Å². The minimum Gasteiger partial charge on any atom is -0.394 e. The molecule has 14 heteroatoms. The van der Waals surface area contributed by atoms with Gasteiger partial charge in [-0.15, -0.1) is 0 Å². The monoisotopic (exact) mass is 1200 g/mol. The van der Waals surface area contributed by atoms with Crippen LogP contribution < -0.4 is 5.32 Å². The van der Waals surface area contributed by atoms with Crippen LogP contribution in [0.4, 0.5) is 0 Å². The smallest absolute Gasteiger partial charge is 0.220 e. The SMILES string of the molecule is CC/C=C\C/C=C\C/C=C\C/C=C\C/C=C\C/C=C\CCCCCCCCC(=O)NC(COC1OC(CO)C(OC2OC(CO)C(O)C(O)C2O)C(O)C1O)C(O)/C=C/CC/C=C/CCCCCCCCCCCCCCCCCCCCCC. The molecule has 2 aliphatic rings. The fraction of sp³-hybridized carbons (Fsp3) is 0.761. The topological polar surface area (TPSA) is 228 Å². The Bertz CT molecular complexity index is 1800. The van der Waals surface area contributed by atoms with Gasteiger partial charge in [-0.3, -0.25) is 4.79 Å². The van der Waals surface area contributed by atoms with Gasteiger partial charge < -0.3 is 65.1 Å². The van der Waals surface area contributed by atoms with Crippen molar-refractivity contribution in [2.24, 2.45) is 0 Å². The van der Waals surface area contributed by atoms with Crippen LogP contribution in [0.5, 0.6) is 0 Å². The Hall–Kier alpha value is -3.09. The van der Waals surface area contributed by atoms with Crippen LogP contribution in [0.3, 0.4) is 0 Å². The summed E-state index contributed by atoms with van der Waals surface area (Å²) in [5, 5.41) is 87.4. The molecule has 490 valence electrons. The first-order valence-electron chi connectivity index (χ1n) is 34.0. The van der Waals surface area contributed by atoms with Crippen molar-refractivity contribution in [3.05, 3.63) is 97.2 Å². The predicted octanol–water partition coefficient (Wildman–Crippen LogP) is 13.4. The zero-order valence-corrected chi connectivity index (χ0v) is 53.1. The van der Waals surface area contributed by atoms with Crippen molar-refractivity contribution in [2.75, 3.05) is 19.8 Å². The molecule has 0 aromatic heterocycles. The molecule has 0 radical (unpaired) electrons. The van der Waals surface area contributed by atoms with E-state index < -0.39 is 86.8 Å². The van der Waals surface area contributed by atoms with Crippen molar-refractivity contribution < 1.29 is 64.6 Å². The number of rotatable bonds is 54. The van der Waals surface area contributed by atoms with Crippen LogP contribution in [-0.4, -0.2) is 140 Å². The second-order valence-corrected chi connectivity index (χ2v) is 23.6. The number of aliphatic hydroxyl groups excluding tert-OH is 8. The van der Waals surface area contributed by atoms with E-state index in [2.05, 4.69) is 104 Å². The summed E-state index contributed by atoms with van der Waals surface area (Å²) < 4.78 is 22.8. The quantitative estimate of drug-likeness (QED) is 0.0204. The maximum Gasteiger partial charge on any atom is 0.220 e. The van der Waals surface area contributed by atoms with E-state index in [0.29, 0.717) is 12.8 Å². The van der Waals surface area contributed by atoms with Gasteiger partial charge in [-0.05, 0) is 83.5 Å². The van der Waals surface area contributed by atoms with E-state index in [4.69, 9.17) is 18.9 Å². The minimum atomic E-state index is -1.80. The zero-order chi connectivity index (χ0) is 61.6. The van der Waals surface area contributed by atoms with E-state index in [9.17, 15) is 45.6 Å². The van der Waals surface area contributed by atoms with Gasteiger partial charge in [-0.2, -0.15) is 0 Å². The zero-order valence-electron chi connectivity index (χ0n) is 53.1. The number of carbonyl (C=O) groups is 1. The molecule has 1 amide bonds. The van der Waals surface area contributed by atoms with Crippen molar-refractivity contribution in [1.29, 1.82) is 0 Å². The Morgan fingerprint density at radius 2 is 0.824 bits per heavy atom. The molecule has 0 aliphatic carbocycles. The lowest BCUT2D eigenvalue weighted by atomic mass is 9.97. The van der Waals surface area contributed by atoms with Crippen LogP contribution in [0, 0.1) is 0 Å². The number of nitrogens with one attached hydrogen (secondary N) is 1. The molecular formula is C71H123NO13. The van der Waals surface area contributed by atoms with Crippen LogP contribution in [0.25, 0.3) is 0 Å². The van der Waals surface area contributed by atoms with Crippen LogP contribution in [0.15, 0.2) is 97.2 Å². The van der Waals surface area contributed by atoms with Gasteiger partial charge in [0.05, 0.1) is 32.0 Å². The number of allylic oxidation sites excluding steroid dienone is 15. The number of hydrogen-bond donors (Lipinski definition) is 9. The first kappa shape index (κ1) is 78.0. The van der Waals surface area contributed by atoms with E-state index in [0.717, 1.165) is 89.9 Å². The standard InChI is InChI=1S/C71H123NO13/c1-3-5-7-9-11-13-15-17-19-21-23-25-27-29-31-32-34-36-38-40-42-44-46-48-50-52-54-60(75)59(58-82-70-68(81)66(79)69(62(57-74)84-70)85-71-67(80)65(78)64(77)61(56-73)83-71)72-63(76)55-53-51-49-47-45-43-41-39-37-35-33-30-28-26-24-22-20-18-16-14-12-10-8-6-4-2/h6,8,12,14,18,20,24,26,30,33,37,39,44,46,52,54,59-62,64-71,73-75,77-81H,3-5,7,9-11,13,15-17,19,21-23,25,27-29,31-32,34-36,38,40-43,45,47-51,53,55-58H2,1-2H3,(H,72,76)/b8-6-,14-12-,20-18-,26-24-,33-30-,39-37-,46-44+,54-52+. The van der Waals surface area contributed by atoms with Crippen molar-refractivity contribution in [1.82, 2.24) is 5.32 Å². The Kier molecular flexibility index (Phi) is 50.5. The lowest BCUT2D eigenvalue weighted by Gasteiger charge is -2.46. The summed E-state index contributed by atoms with van der Waals surface area (Å²) in [6, 6.07) is -0.948. The lowest BCUT2D eigenvalue weighted by Crippen LogP contribution is -2.65. The highest BCUT2D eigenvalue weighted by atomic mass is 16.7. The summed E-state index contributed by atoms with van der Waals surface area (Å²) >= 11 is 0. The molecule has 2 saturated heterocycles. The molecule has 14 nitrogen and oxygen atoms in total. The van der Waals surface area contributed by atoms with Gasteiger partial charge in [0, 0.05) is 6.42 Å². The summed E-state index contributed by atoms with van der Waals surface area (Å²) in [4.78, 5) is 13.3. The summed E-state index contributed by atoms with van der Waals surface area (Å²) in [6.45, 7) is 2.67. The number of unbranched alkanes of at least 4 members (excludes halogenated alkanes) is 27. The van der Waals surface area contributed by atoms with Gasteiger partial charge in [-0.25, -0.2) is 0 Å². The first-order valence-corrected chi connectivity index (χ1v) is 34.0. The Labute approximate surface area is 515 Å². The van der Waals surface area contributed by atoms with Gasteiger partial charge in [0.1, 0.15) is 48.8 Å². The summed E-state index contributed by atoms with van der Waals surface area (Å²) in [7, 11) is 0. The third-order valence-corrected chi connectivity index (χ3v) is 16.0. The van der Waals surface area contributed by atoms with Crippen LogP contribution in [0.2, 0.25) is 0 Å². The lowest BCUT2D eigenvalue weighted by molar-refractivity contribution is -0.359. The fourth-order valence-corrected chi connectivity index (χ4v) is 10.6. The summed E-state index contributed by atoms with van der Waals surface area (Å²) in [5.74, 6) is -0.266. The van der Waals surface area contributed by atoms with Gasteiger partial charge in [-0.1, -0.05) is 259 Å². The van der Waals surface area contributed by atoms with E-state index in [1.165, 1.54) is 128 Å². The molecule has 0 saturated carbocycles. The number of ether oxygens (including phenoxy) is 4. The molecule has 2 aliphatic heterocycles. The van der Waals surface area contributed by atoms with Gasteiger partial charge in [0.15, 0.2) is 12.6 Å². The summed E-state index contributed by atoms with van der Waals surface area (Å²) in [5.41, 5.74) is 0. The predicted molar refractivity (Wildman–Crippen MR) is 346 cm³/mol. The second-order valence-electron chi connectivity index (χ2n) is 23.6. The Morgan fingerprint density at radius 3 is 1.29 bits per heavy atom. The molecule has 0 bridgehead atoms. The Morgan fingerprint density at radius 1 is 0.435 bits per heavy atom. The fourth-order valence-electron chi connectivity index (χ4n) is 10.6. The maximum absolute atomic E-state index is 13.3. The molecule has 0 aromatic carbocycles. The van der Waals surface area contributed by atoms with Crippen LogP contribution in [-0.2, 0) is 23.7 Å². The van der Waals surface area contributed by atoms with Crippen molar-refractivity contribution in [2.45, 2.75) is 325 Å². The molecule has 0 spiro atoms. The highest BCUT2D eigenvalue weighted by Crippen LogP contribution is 2.30. The Balaban J connectivity index is 1.74. The van der Waals surface area contributed by atoms with E-state index in [1.807, 2.05) is 6.08 Å². The van der Waals surface area contributed by atoms with Crippen LogP contribution in [0.1, 0.15) is 251 Å². The van der Waals surface area contributed by atoms with Crippen molar-refractivity contribution in [3.8, 4) is 0 Å². The normalized spacial score (nSPS) is 24.2. The third-order valence-electron chi connectivity index (χ3n) is 16.0. The highest BCUT2D eigenvalue weighted by molar-refractivity contribution is 5.76. The molecular weight excluding hydrogens is 1070 g/mol. The third kappa shape index (κ3) is 39.5. The van der Waals surface area contributed by atoms with Crippen molar-refractivity contribution >= 4 is 5.91 Å².